The molecule has 132 valence electrons. The number of hydrogen-bond acceptors (Lipinski definition) is 2. The second kappa shape index (κ2) is 7.85. The molecule has 1 aromatic rings. The van der Waals surface area contributed by atoms with Crippen LogP contribution in [0.2, 0.25) is 0 Å². The van der Waals surface area contributed by atoms with Gasteiger partial charge in [-0.05, 0) is 51.5 Å². The third-order valence-electron chi connectivity index (χ3n) is 4.69. The molecular formula is C17H32IN5. The van der Waals surface area contributed by atoms with Crippen LogP contribution in [0.3, 0.4) is 0 Å². The molecule has 0 saturated heterocycles. The molecule has 0 bridgehead atoms. The van der Waals surface area contributed by atoms with Crippen molar-refractivity contribution in [2.45, 2.75) is 66.5 Å². The third kappa shape index (κ3) is 5.09. The van der Waals surface area contributed by atoms with Crippen LogP contribution in [0.4, 0.5) is 0 Å². The molecule has 1 aliphatic carbocycles. The van der Waals surface area contributed by atoms with Gasteiger partial charge in [-0.15, -0.1) is 24.0 Å². The zero-order valence-corrected chi connectivity index (χ0v) is 17.9. The molecule has 0 radical (unpaired) electrons. The molecule has 1 aliphatic rings. The summed E-state index contributed by atoms with van der Waals surface area (Å²) in [6.07, 6.45) is 2.18. The average Bonchev–Trinajstić information content (AvgIpc) is 2.93. The molecule has 5 nitrogen and oxygen atoms in total. The van der Waals surface area contributed by atoms with Crippen LogP contribution in [0.1, 0.15) is 51.1 Å². The lowest BCUT2D eigenvalue weighted by molar-refractivity contribution is 0.576. The standard InChI is InChI=1S/C17H31N5.HI/c1-8-18-16(20-15-10-17(15,5)6)19-11(2)9-14-12(3)21-22(7)13(14)4;/h11,15H,8-10H2,1-7H3,(H2,18,19,20);1H. The second-order valence-corrected chi connectivity index (χ2v) is 7.24. The van der Waals surface area contributed by atoms with Gasteiger partial charge in [0.2, 0.25) is 0 Å². The van der Waals surface area contributed by atoms with E-state index < -0.39 is 0 Å². The topological polar surface area (TPSA) is 54.2 Å². The molecule has 1 saturated carbocycles. The van der Waals surface area contributed by atoms with Crippen molar-refractivity contribution in [1.82, 2.24) is 20.4 Å². The first kappa shape index (κ1) is 20.3. The van der Waals surface area contributed by atoms with Crippen molar-refractivity contribution in [3.8, 4) is 0 Å². The molecule has 2 atom stereocenters. The number of halogens is 1. The zero-order valence-electron chi connectivity index (χ0n) is 15.5. The van der Waals surface area contributed by atoms with Crippen LogP contribution in [0.15, 0.2) is 4.99 Å². The van der Waals surface area contributed by atoms with Crippen LogP contribution in [0, 0.1) is 19.3 Å². The highest BCUT2D eigenvalue weighted by atomic mass is 127. The Balaban J connectivity index is 0.00000264. The number of aliphatic imine (C=N–C) groups is 1. The highest BCUT2D eigenvalue weighted by Crippen LogP contribution is 2.44. The smallest absolute Gasteiger partial charge is 0.191 e. The summed E-state index contributed by atoms with van der Waals surface area (Å²) in [5.74, 6) is 0.935. The maximum absolute atomic E-state index is 4.58. The summed E-state index contributed by atoms with van der Waals surface area (Å²) in [6, 6.07) is 0.862. The lowest BCUT2D eigenvalue weighted by Gasteiger charge is -2.19. The Morgan fingerprint density at radius 3 is 2.48 bits per heavy atom. The van der Waals surface area contributed by atoms with Gasteiger partial charge in [0.05, 0.1) is 5.69 Å². The minimum Gasteiger partial charge on any atom is -0.354 e. The fraction of sp³-hybridized carbons (Fsp3) is 0.765. The van der Waals surface area contributed by atoms with Gasteiger partial charge in [-0.2, -0.15) is 5.10 Å². The normalized spacial score (nSPS) is 20.7. The van der Waals surface area contributed by atoms with E-state index in [1.165, 1.54) is 17.7 Å². The van der Waals surface area contributed by atoms with Gasteiger partial charge in [-0.25, -0.2) is 0 Å². The van der Waals surface area contributed by atoms with Crippen LogP contribution in [0.25, 0.3) is 0 Å². The molecule has 6 heteroatoms. The first-order valence-corrected chi connectivity index (χ1v) is 8.31. The molecule has 0 amide bonds. The SMILES string of the molecule is CCN=C(NC(C)Cc1c(C)nn(C)c1C)NC1CC1(C)C.I. The minimum absolute atomic E-state index is 0. The maximum Gasteiger partial charge on any atom is 0.191 e. The average molecular weight is 433 g/mol. The molecule has 2 N–H and O–H groups in total. The van der Waals surface area contributed by atoms with E-state index in [1.54, 1.807) is 0 Å². The number of aryl methyl sites for hydroxylation is 2. The van der Waals surface area contributed by atoms with Crippen LogP contribution in [0.5, 0.6) is 0 Å². The summed E-state index contributed by atoms with van der Waals surface area (Å²) in [4.78, 5) is 4.58. The van der Waals surface area contributed by atoms with Gasteiger partial charge in [0.25, 0.3) is 0 Å². The fourth-order valence-electron chi connectivity index (χ4n) is 2.87. The highest BCUT2D eigenvalue weighted by molar-refractivity contribution is 14.0. The van der Waals surface area contributed by atoms with E-state index in [1.807, 2.05) is 11.7 Å². The Kier molecular flexibility index (Phi) is 6.92. The summed E-state index contributed by atoms with van der Waals surface area (Å²) in [6.45, 7) is 13.9. The van der Waals surface area contributed by atoms with E-state index >= 15 is 0 Å². The minimum atomic E-state index is 0. The van der Waals surface area contributed by atoms with Gasteiger partial charge in [0.15, 0.2) is 5.96 Å². The van der Waals surface area contributed by atoms with Crippen molar-refractivity contribution >= 4 is 29.9 Å². The van der Waals surface area contributed by atoms with Crippen molar-refractivity contribution < 1.29 is 0 Å². The molecule has 0 aromatic carbocycles. The quantitative estimate of drug-likeness (QED) is 0.427. The van der Waals surface area contributed by atoms with E-state index in [-0.39, 0.29) is 24.0 Å². The summed E-state index contributed by atoms with van der Waals surface area (Å²) in [7, 11) is 2.00. The van der Waals surface area contributed by atoms with Gasteiger partial charge >= 0.3 is 0 Å². The summed E-state index contributed by atoms with van der Waals surface area (Å²) in [5, 5.41) is 11.6. The van der Waals surface area contributed by atoms with E-state index in [9.17, 15) is 0 Å². The summed E-state index contributed by atoms with van der Waals surface area (Å²) in [5.41, 5.74) is 4.11. The molecular weight excluding hydrogens is 401 g/mol. The number of hydrogen-bond donors (Lipinski definition) is 2. The fourth-order valence-corrected chi connectivity index (χ4v) is 2.87. The molecule has 0 aliphatic heterocycles. The van der Waals surface area contributed by atoms with E-state index in [2.05, 4.69) is 62.3 Å². The molecule has 2 rings (SSSR count). The second-order valence-electron chi connectivity index (χ2n) is 7.24. The van der Waals surface area contributed by atoms with Crippen LogP contribution >= 0.6 is 24.0 Å². The van der Waals surface area contributed by atoms with Crippen molar-refractivity contribution in [1.29, 1.82) is 0 Å². The number of nitrogens with one attached hydrogen (secondary N) is 2. The van der Waals surface area contributed by atoms with Gasteiger partial charge in [-0.1, -0.05) is 13.8 Å². The summed E-state index contributed by atoms with van der Waals surface area (Å²) < 4.78 is 1.96. The first-order chi connectivity index (χ1) is 10.2. The molecule has 23 heavy (non-hydrogen) atoms. The van der Waals surface area contributed by atoms with Crippen molar-refractivity contribution in [2.24, 2.45) is 17.5 Å². The van der Waals surface area contributed by atoms with E-state index in [0.717, 1.165) is 24.6 Å². The molecule has 1 fully saturated rings. The van der Waals surface area contributed by atoms with Gasteiger partial charge < -0.3 is 10.6 Å². The zero-order chi connectivity index (χ0) is 16.5. The Morgan fingerprint density at radius 1 is 1.43 bits per heavy atom. The third-order valence-corrected chi connectivity index (χ3v) is 4.69. The molecule has 1 aromatic heterocycles. The van der Waals surface area contributed by atoms with Gasteiger partial charge in [0.1, 0.15) is 0 Å². The van der Waals surface area contributed by atoms with E-state index in [4.69, 9.17) is 0 Å². The van der Waals surface area contributed by atoms with Gasteiger partial charge in [0, 0.05) is 31.4 Å². The predicted molar refractivity (Wildman–Crippen MR) is 108 cm³/mol. The monoisotopic (exact) mass is 433 g/mol. The Morgan fingerprint density at radius 2 is 2.04 bits per heavy atom. The Labute approximate surface area is 157 Å². The van der Waals surface area contributed by atoms with E-state index in [0.29, 0.717) is 17.5 Å². The number of rotatable bonds is 5. The first-order valence-electron chi connectivity index (χ1n) is 8.31. The van der Waals surface area contributed by atoms with Crippen LogP contribution in [-0.2, 0) is 13.5 Å². The molecule has 0 spiro atoms. The van der Waals surface area contributed by atoms with Crippen LogP contribution < -0.4 is 10.6 Å². The Hall–Kier alpha value is -0.790. The highest BCUT2D eigenvalue weighted by Gasteiger charge is 2.46. The number of aromatic nitrogens is 2. The molecule has 2 unspecified atom stereocenters. The Bertz CT molecular complexity index is 562. The largest absolute Gasteiger partial charge is 0.354 e. The lowest BCUT2D eigenvalue weighted by atomic mass is 10.1. The maximum atomic E-state index is 4.58. The van der Waals surface area contributed by atoms with Crippen molar-refractivity contribution in [2.75, 3.05) is 6.54 Å². The summed E-state index contributed by atoms with van der Waals surface area (Å²) >= 11 is 0. The van der Waals surface area contributed by atoms with Crippen LogP contribution in [-0.4, -0.2) is 34.4 Å². The van der Waals surface area contributed by atoms with Crippen molar-refractivity contribution in [3.63, 3.8) is 0 Å². The van der Waals surface area contributed by atoms with Gasteiger partial charge in [-0.3, -0.25) is 9.67 Å². The number of guanidine groups is 1. The predicted octanol–water partition coefficient (Wildman–Crippen LogP) is 2.94. The van der Waals surface area contributed by atoms with Crippen molar-refractivity contribution in [3.05, 3.63) is 17.0 Å². The molecule has 1 heterocycles. The lowest BCUT2D eigenvalue weighted by Crippen LogP contribution is -2.45. The number of nitrogens with zero attached hydrogens (tertiary/aromatic N) is 3.